The monoisotopic (exact) mass is 530 g/mol. The Hall–Kier alpha value is -4.96. The third kappa shape index (κ3) is 5.51. The molecule has 2 aliphatic rings. The van der Waals surface area contributed by atoms with Crippen molar-refractivity contribution < 1.29 is 47.6 Å². The molecule has 2 aliphatic heterocycles. The number of benzene rings is 3. The second kappa shape index (κ2) is 11.2. The van der Waals surface area contributed by atoms with Gasteiger partial charge in [0.2, 0.25) is 0 Å². The van der Waals surface area contributed by atoms with Gasteiger partial charge in [0.05, 0.1) is 17.8 Å². The minimum absolute atomic E-state index is 0.0630. The van der Waals surface area contributed by atoms with Crippen molar-refractivity contribution in [3.8, 4) is 17.2 Å². The third-order valence-corrected chi connectivity index (χ3v) is 5.90. The molecule has 0 aliphatic carbocycles. The Kier molecular flexibility index (Phi) is 7.37. The van der Waals surface area contributed by atoms with E-state index in [0.29, 0.717) is 50.0 Å². The maximum absolute atomic E-state index is 12.8. The van der Waals surface area contributed by atoms with Crippen LogP contribution in [0.3, 0.4) is 0 Å². The van der Waals surface area contributed by atoms with Gasteiger partial charge in [0.25, 0.3) is 0 Å². The van der Waals surface area contributed by atoms with Gasteiger partial charge in [0.15, 0.2) is 13.2 Å². The van der Waals surface area contributed by atoms with Crippen LogP contribution in [0, 0.1) is 0 Å². The minimum atomic E-state index is -0.750. The van der Waals surface area contributed by atoms with E-state index in [2.05, 4.69) is 0 Å². The Morgan fingerprint density at radius 3 is 1.85 bits per heavy atom. The molecule has 0 fully saturated rings. The highest BCUT2D eigenvalue weighted by atomic mass is 16.6. The van der Waals surface area contributed by atoms with E-state index in [0.717, 1.165) is 0 Å². The van der Waals surface area contributed by atoms with Gasteiger partial charge >= 0.3 is 23.9 Å². The summed E-state index contributed by atoms with van der Waals surface area (Å²) in [5.41, 5.74) is 1.95. The summed E-state index contributed by atoms with van der Waals surface area (Å²) in [7, 11) is 1.47. The number of fused-ring (bicyclic) bond motifs is 2. The van der Waals surface area contributed by atoms with Gasteiger partial charge in [-0.15, -0.1) is 0 Å². The SMILES string of the molecule is COCCOC(=O)COC(=O)COc1ccc(C2=c3cc4c(cc3OC2=O)=C(c2ccccc2)C(=O)O4)cc1. The Balaban J connectivity index is 1.30. The lowest BCUT2D eigenvalue weighted by molar-refractivity contribution is -0.160. The molecule has 0 saturated heterocycles. The average molecular weight is 530 g/mol. The molecule has 0 amide bonds. The standard InChI is InChI=1S/C29H22O10/c1-34-11-12-35-24(30)16-37-25(31)15-36-19-9-7-18(8-10-19)27-21-14-22-20(13-23(21)39-29(27)33)26(28(32)38-22)17-5-3-2-4-6-17/h2-10,13-14H,11-12,15-16H2,1H3. The lowest BCUT2D eigenvalue weighted by atomic mass is 10.0. The maximum atomic E-state index is 12.8. The van der Waals surface area contributed by atoms with Gasteiger partial charge in [-0.05, 0) is 35.4 Å². The van der Waals surface area contributed by atoms with Gasteiger partial charge in [0, 0.05) is 17.5 Å². The van der Waals surface area contributed by atoms with Crippen molar-refractivity contribution in [1.29, 1.82) is 0 Å². The quantitative estimate of drug-likeness (QED) is 0.213. The molecule has 0 N–H and O–H groups in total. The predicted octanol–water partition coefficient (Wildman–Crippen LogP) is 1.03. The fraction of sp³-hybridized carbons (Fsp3) is 0.172. The van der Waals surface area contributed by atoms with Crippen LogP contribution in [0.1, 0.15) is 11.1 Å². The highest BCUT2D eigenvalue weighted by molar-refractivity contribution is 6.21. The molecule has 5 rings (SSSR count). The zero-order chi connectivity index (χ0) is 27.4. The van der Waals surface area contributed by atoms with E-state index in [9.17, 15) is 19.2 Å². The molecule has 3 aromatic rings. The lowest BCUT2D eigenvalue weighted by Gasteiger charge is -2.08. The van der Waals surface area contributed by atoms with Crippen LogP contribution < -0.4 is 24.6 Å². The molecular formula is C29H22O10. The number of hydrogen-bond acceptors (Lipinski definition) is 10. The van der Waals surface area contributed by atoms with Crippen LogP contribution in [0.15, 0.2) is 66.7 Å². The number of ether oxygens (including phenoxy) is 6. The normalized spacial score (nSPS) is 13.4. The molecule has 0 spiro atoms. The van der Waals surface area contributed by atoms with E-state index in [1.54, 1.807) is 36.4 Å². The minimum Gasteiger partial charge on any atom is -0.482 e. The maximum Gasteiger partial charge on any atom is 0.344 e. The summed E-state index contributed by atoms with van der Waals surface area (Å²) in [6.45, 7) is -0.656. The van der Waals surface area contributed by atoms with Gasteiger partial charge in [-0.3, -0.25) is 0 Å². The van der Waals surface area contributed by atoms with Gasteiger partial charge < -0.3 is 28.4 Å². The third-order valence-electron chi connectivity index (χ3n) is 5.90. The van der Waals surface area contributed by atoms with Crippen LogP contribution in [-0.2, 0) is 33.4 Å². The molecule has 0 aromatic heterocycles. The molecule has 0 saturated carbocycles. The first-order valence-electron chi connectivity index (χ1n) is 11.9. The van der Waals surface area contributed by atoms with Crippen molar-refractivity contribution in [3.63, 3.8) is 0 Å². The molecule has 10 heteroatoms. The van der Waals surface area contributed by atoms with Crippen LogP contribution >= 0.6 is 0 Å². The highest BCUT2D eigenvalue weighted by Gasteiger charge is 2.30. The molecule has 0 bridgehead atoms. The molecule has 39 heavy (non-hydrogen) atoms. The molecule has 3 aromatic carbocycles. The topological polar surface area (TPSA) is 124 Å². The summed E-state index contributed by atoms with van der Waals surface area (Å²) in [5.74, 6) is -1.46. The number of esters is 4. The Morgan fingerprint density at radius 2 is 1.26 bits per heavy atom. The molecule has 10 nitrogen and oxygen atoms in total. The zero-order valence-electron chi connectivity index (χ0n) is 20.8. The highest BCUT2D eigenvalue weighted by Crippen LogP contribution is 2.27. The number of carbonyl (C=O) groups is 4. The van der Waals surface area contributed by atoms with Crippen LogP contribution in [0.25, 0.3) is 11.1 Å². The van der Waals surface area contributed by atoms with Gasteiger partial charge in [-0.25, -0.2) is 19.2 Å². The summed E-state index contributed by atoms with van der Waals surface area (Å²) in [5, 5.41) is 1.05. The first-order valence-corrected chi connectivity index (χ1v) is 11.9. The van der Waals surface area contributed by atoms with Gasteiger partial charge in [-0.2, -0.15) is 0 Å². The number of methoxy groups -OCH3 is 1. The second-order valence-corrected chi connectivity index (χ2v) is 8.43. The Bertz CT molecular complexity index is 1570. The van der Waals surface area contributed by atoms with Gasteiger partial charge in [-0.1, -0.05) is 42.5 Å². The summed E-state index contributed by atoms with van der Waals surface area (Å²) in [4.78, 5) is 48.7. The van der Waals surface area contributed by atoms with Crippen molar-refractivity contribution in [2.24, 2.45) is 0 Å². The molecule has 0 atom stereocenters. The van der Waals surface area contributed by atoms with E-state index in [1.165, 1.54) is 7.11 Å². The van der Waals surface area contributed by atoms with Crippen LogP contribution in [0.4, 0.5) is 0 Å². The molecule has 0 radical (unpaired) electrons. The fourth-order valence-electron chi connectivity index (χ4n) is 4.11. The van der Waals surface area contributed by atoms with E-state index in [1.807, 2.05) is 30.3 Å². The van der Waals surface area contributed by atoms with Crippen LogP contribution in [0.2, 0.25) is 0 Å². The first kappa shape index (κ1) is 25.7. The smallest absolute Gasteiger partial charge is 0.344 e. The summed E-state index contributed by atoms with van der Waals surface area (Å²) >= 11 is 0. The largest absolute Gasteiger partial charge is 0.482 e. The first-order chi connectivity index (χ1) is 18.9. The average Bonchev–Trinajstić information content (AvgIpc) is 3.44. The van der Waals surface area contributed by atoms with E-state index in [-0.39, 0.29) is 13.2 Å². The van der Waals surface area contributed by atoms with E-state index in [4.69, 9.17) is 28.4 Å². The van der Waals surface area contributed by atoms with Crippen molar-refractivity contribution in [2.75, 3.05) is 33.5 Å². The van der Waals surface area contributed by atoms with Crippen molar-refractivity contribution in [2.45, 2.75) is 0 Å². The van der Waals surface area contributed by atoms with Crippen molar-refractivity contribution in [1.82, 2.24) is 0 Å². The zero-order valence-corrected chi connectivity index (χ0v) is 20.8. The van der Waals surface area contributed by atoms with Crippen molar-refractivity contribution in [3.05, 3.63) is 88.3 Å². The Morgan fingerprint density at radius 1 is 0.692 bits per heavy atom. The van der Waals surface area contributed by atoms with Gasteiger partial charge in [0.1, 0.15) is 23.9 Å². The summed E-state index contributed by atoms with van der Waals surface area (Å²) in [6.07, 6.45) is 0. The summed E-state index contributed by atoms with van der Waals surface area (Å²) < 4.78 is 30.8. The lowest BCUT2D eigenvalue weighted by Crippen LogP contribution is -2.21. The van der Waals surface area contributed by atoms with Crippen molar-refractivity contribution >= 4 is 35.0 Å². The number of hydrogen-bond donors (Lipinski definition) is 0. The molecule has 2 heterocycles. The molecule has 198 valence electrons. The predicted molar refractivity (Wildman–Crippen MR) is 134 cm³/mol. The molecular weight excluding hydrogens is 508 g/mol. The van der Waals surface area contributed by atoms with E-state index >= 15 is 0 Å². The number of carbonyl (C=O) groups excluding carboxylic acids is 4. The molecule has 0 unspecified atom stereocenters. The fourth-order valence-corrected chi connectivity index (χ4v) is 4.11. The van der Waals surface area contributed by atoms with E-state index < -0.39 is 37.1 Å². The Labute approximate surface area is 221 Å². The van der Waals surface area contributed by atoms with Crippen LogP contribution in [-0.4, -0.2) is 57.4 Å². The number of rotatable bonds is 10. The summed E-state index contributed by atoms with van der Waals surface area (Å²) in [6, 6.07) is 18.8. The second-order valence-electron chi connectivity index (χ2n) is 8.43. The van der Waals surface area contributed by atoms with Crippen LogP contribution in [0.5, 0.6) is 17.2 Å².